The molecule has 0 aromatic heterocycles. The van der Waals surface area contributed by atoms with Crippen LogP contribution < -0.4 is 0 Å². The van der Waals surface area contributed by atoms with Gasteiger partial charge in [-0.3, -0.25) is 0 Å². The fourth-order valence-electron chi connectivity index (χ4n) is 3.92. The monoisotopic (exact) mass is 561 g/mol. The van der Waals surface area contributed by atoms with Crippen LogP contribution in [0.5, 0.6) is 0 Å². The molecule has 0 fully saturated rings. The molecule has 4 aromatic rings. The molecular weight excluding hydrogens is 530 g/mol. The minimum absolute atomic E-state index is 0.0479. The molecule has 41 heavy (non-hydrogen) atoms. The molecule has 0 aliphatic carbocycles. The van der Waals surface area contributed by atoms with Crippen molar-refractivity contribution >= 4 is 16.1 Å². The standard InChI is InChI=1S/C35H31NO4S/c1-27-19-24-31(25-20-27)41(38,39)36(34(37)40-35(2,3)4)33(26-22-29-15-9-6-10-16-29)32-18-12-11-17-30(32)23-21-28-13-7-5-8-14-28/h5-20,24-25,33H,1-4H3. The Morgan fingerprint density at radius 2 is 1.27 bits per heavy atom. The lowest BCUT2D eigenvalue weighted by molar-refractivity contribution is 0.0364. The molecule has 4 aromatic carbocycles. The van der Waals surface area contributed by atoms with Gasteiger partial charge in [0.05, 0.1) is 4.90 Å². The van der Waals surface area contributed by atoms with E-state index in [0.29, 0.717) is 16.7 Å². The fourth-order valence-corrected chi connectivity index (χ4v) is 5.30. The Balaban J connectivity index is 1.95. The summed E-state index contributed by atoms with van der Waals surface area (Å²) in [7, 11) is -4.42. The second-order valence-corrected chi connectivity index (χ2v) is 12.2. The Morgan fingerprint density at radius 1 is 0.732 bits per heavy atom. The van der Waals surface area contributed by atoms with Crippen LogP contribution in [0.25, 0.3) is 0 Å². The molecular formula is C35H31NO4S. The zero-order valence-electron chi connectivity index (χ0n) is 23.5. The fraction of sp³-hybridized carbons (Fsp3) is 0.171. The first-order valence-electron chi connectivity index (χ1n) is 13.1. The summed E-state index contributed by atoms with van der Waals surface area (Å²) in [6, 6.07) is 30.8. The molecule has 0 saturated heterocycles. The number of carbonyl (C=O) groups is 1. The van der Waals surface area contributed by atoms with Crippen molar-refractivity contribution in [1.82, 2.24) is 4.31 Å². The van der Waals surface area contributed by atoms with Gasteiger partial charge in [0.25, 0.3) is 10.0 Å². The van der Waals surface area contributed by atoms with E-state index in [1.165, 1.54) is 12.1 Å². The van der Waals surface area contributed by atoms with Gasteiger partial charge < -0.3 is 4.74 Å². The summed E-state index contributed by atoms with van der Waals surface area (Å²) in [5.41, 5.74) is 2.39. The highest BCUT2D eigenvalue weighted by molar-refractivity contribution is 7.89. The first-order valence-corrected chi connectivity index (χ1v) is 14.6. The van der Waals surface area contributed by atoms with E-state index in [9.17, 15) is 13.2 Å². The topological polar surface area (TPSA) is 63.7 Å². The van der Waals surface area contributed by atoms with E-state index in [0.717, 1.165) is 15.4 Å². The first kappa shape index (κ1) is 29.2. The predicted molar refractivity (Wildman–Crippen MR) is 161 cm³/mol. The molecule has 0 spiro atoms. The van der Waals surface area contributed by atoms with Gasteiger partial charge in [-0.05, 0) is 70.2 Å². The van der Waals surface area contributed by atoms with Crippen LogP contribution in [0.3, 0.4) is 0 Å². The summed E-state index contributed by atoms with van der Waals surface area (Å²) in [5.74, 6) is 12.4. The van der Waals surface area contributed by atoms with Gasteiger partial charge >= 0.3 is 6.09 Å². The number of carbonyl (C=O) groups excluding carboxylic acids is 1. The van der Waals surface area contributed by atoms with Crippen molar-refractivity contribution < 1.29 is 17.9 Å². The van der Waals surface area contributed by atoms with Crippen molar-refractivity contribution in [2.24, 2.45) is 0 Å². The normalized spacial score (nSPS) is 11.7. The summed E-state index contributed by atoms with van der Waals surface area (Å²) in [6.45, 7) is 6.92. The van der Waals surface area contributed by atoms with E-state index >= 15 is 0 Å². The van der Waals surface area contributed by atoms with E-state index < -0.39 is 27.8 Å². The lowest BCUT2D eigenvalue weighted by Gasteiger charge is -2.31. The Morgan fingerprint density at radius 3 is 1.85 bits per heavy atom. The molecule has 0 aliphatic heterocycles. The van der Waals surface area contributed by atoms with Gasteiger partial charge in [0, 0.05) is 22.3 Å². The lowest BCUT2D eigenvalue weighted by Crippen LogP contribution is -2.43. The Labute approximate surface area is 242 Å². The maximum absolute atomic E-state index is 14.2. The third kappa shape index (κ3) is 7.66. The Hall–Kier alpha value is -4.78. The van der Waals surface area contributed by atoms with Crippen LogP contribution in [0, 0.1) is 30.6 Å². The SMILES string of the molecule is Cc1ccc(S(=O)(=O)N(C(=O)OC(C)(C)C)C(C#Cc2ccccc2)c2ccccc2C#Cc2ccccc2)cc1. The van der Waals surface area contributed by atoms with Crippen LogP contribution in [0.4, 0.5) is 4.79 Å². The minimum Gasteiger partial charge on any atom is -0.443 e. The average Bonchev–Trinajstić information content (AvgIpc) is 2.94. The van der Waals surface area contributed by atoms with Gasteiger partial charge in [-0.15, -0.1) is 0 Å². The smallest absolute Gasteiger partial charge is 0.425 e. The summed E-state index contributed by atoms with van der Waals surface area (Å²) < 4.78 is 34.8. The van der Waals surface area contributed by atoms with Crippen molar-refractivity contribution in [3.8, 4) is 23.7 Å². The summed E-state index contributed by atoms with van der Waals surface area (Å²) in [4.78, 5) is 13.7. The molecule has 0 aliphatic rings. The lowest BCUT2D eigenvalue weighted by atomic mass is 10.00. The second kappa shape index (κ2) is 12.6. The van der Waals surface area contributed by atoms with Gasteiger partial charge in [-0.1, -0.05) is 96.0 Å². The van der Waals surface area contributed by atoms with Crippen molar-refractivity contribution in [2.75, 3.05) is 0 Å². The van der Waals surface area contributed by atoms with Crippen LogP contribution in [0.1, 0.15) is 54.6 Å². The molecule has 0 heterocycles. The number of aryl methyl sites for hydroxylation is 1. The molecule has 6 heteroatoms. The number of hydrogen-bond acceptors (Lipinski definition) is 4. The molecule has 1 amide bonds. The number of benzene rings is 4. The summed E-state index contributed by atoms with van der Waals surface area (Å²) >= 11 is 0. The zero-order chi connectivity index (χ0) is 29.5. The van der Waals surface area contributed by atoms with Gasteiger partial charge in [0.2, 0.25) is 0 Å². The number of sulfonamides is 1. The molecule has 1 unspecified atom stereocenters. The van der Waals surface area contributed by atoms with Crippen LogP contribution in [0.15, 0.2) is 114 Å². The number of ether oxygens (including phenoxy) is 1. The van der Waals surface area contributed by atoms with Crippen LogP contribution in [0.2, 0.25) is 0 Å². The maximum atomic E-state index is 14.2. The molecule has 1 atom stereocenters. The zero-order valence-corrected chi connectivity index (χ0v) is 24.3. The van der Waals surface area contributed by atoms with E-state index in [1.54, 1.807) is 51.1 Å². The Bertz CT molecular complexity index is 1730. The number of nitrogens with zero attached hydrogens (tertiary/aromatic N) is 1. The highest BCUT2D eigenvalue weighted by atomic mass is 32.2. The number of hydrogen-bond donors (Lipinski definition) is 0. The van der Waals surface area contributed by atoms with Crippen LogP contribution >= 0.6 is 0 Å². The molecule has 0 saturated carbocycles. The maximum Gasteiger partial charge on any atom is 0.425 e. The van der Waals surface area contributed by atoms with Gasteiger partial charge in [-0.2, -0.15) is 4.31 Å². The molecule has 0 N–H and O–H groups in total. The van der Waals surface area contributed by atoms with E-state index in [2.05, 4.69) is 23.7 Å². The van der Waals surface area contributed by atoms with Crippen LogP contribution in [-0.4, -0.2) is 24.4 Å². The Kier molecular flexibility index (Phi) is 8.97. The van der Waals surface area contributed by atoms with Crippen molar-refractivity contribution in [1.29, 1.82) is 0 Å². The first-order chi connectivity index (χ1) is 19.5. The molecule has 0 bridgehead atoms. The van der Waals surface area contributed by atoms with Gasteiger partial charge in [-0.25, -0.2) is 13.2 Å². The quantitative estimate of drug-likeness (QED) is 0.249. The summed E-state index contributed by atoms with van der Waals surface area (Å²) in [5, 5.41) is 0. The van der Waals surface area contributed by atoms with Crippen LogP contribution in [-0.2, 0) is 14.8 Å². The van der Waals surface area contributed by atoms with Crippen molar-refractivity contribution in [3.05, 3.63) is 137 Å². The van der Waals surface area contributed by atoms with Gasteiger partial charge in [0.1, 0.15) is 11.6 Å². The average molecular weight is 562 g/mol. The highest BCUT2D eigenvalue weighted by Gasteiger charge is 2.39. The van der Waals surface area contributed by atoms with E-state index in [4.69, 9.17) is 4.74 Å². The number of rotatable bonds is 4. The molecule has 206 valence electrons. The second-order valence-electron chi connectivity index (χ2n) is 10.3. The van der Waals surface area contributed by atoms with Crippen molar-refractivity contribution in [3.63, 3.8) is 0 Å². The molecule has 4 rings (SSSR count). The predicted octanol–water partition coefficient (Wildman–Crippen LogP) is 7.11. The third-order valence-electron chi connectivity index (χ3n) is 5.88. The molecule has 5 nitrogen and oxygen atoms in total. The largest absolute Gasteiger partial charge is 0.443 e. The van der Waals surface area contributed by atoms with Gasteiger partial charge in [0.15, 0.2) is 0 Å². The summed E-state index contributed by atoms with van der Waals surface area (Å²) in [6.07, 6.45) is -1.03. The van der Waals surface area contributed by atoms with Crippen molar-refractivity contribution in [2.45, 2.75) is 44.2 Å². The van der Waals surface area contributed by atoms with E-state index in [1.807, 2.05) is 73.7 Å². The molecule has 0 radical (unpaired) electrons. The highest BCUT2D eigenvalue weighted by Crippen LogP contribution is 2.32. The number of amides is 1. The third-order valence-corrected chi connectivity index (χ3v) is 7.63. The van der Waals surface area contributed by atoms with E-state index in [-0.39, 0.29) is 4.90 Å². The minimum atomic E-state index is -4.42.